The zero-order chi connectivity index (χ0) is 14.4. The van der Waals surface area contributed by atoms with E-state index in [-0.39, 0.29) is 5.91 Å². The summed E-state index contributed by atoms with van der Waals surface area (Å²) in [6.07, 6.45) is 9.29. The van der Waals surface area contributed by atoms with Crippen LogP contribution in [0.3, 0.4) is 0 Å². The molecule has 1 aliphatic rings. The Kier molecular flexibility index (Phi) is 5.65. The smallest absolute Gasteiger partial charge is 0.244 e. The van der Waals surface area contributed by atoms with E-state index in [9.17, 15) is 4.79 Å². The van der Waals surface area contributed by atoms with Gasteiger partial charge >= 0.3 is 0 Å². The van der Waals surface area contributed by atoms with Crippen molar-refractivity contribution in [3.63, 3.8) is 0 Å². The van der Waals surface area contributed by atoms with E-state index >= 15 is 0 Å². The van der Waals surface area contributed by atoms with Gasteiger partial charge in [-0.05, 0) is 37.1 Å². The molecule has 3 nitrogen and oxygen atoms in total. The van der Waals surface area contributed by atoms with Gasteiger partial charge in [-0.15, -0.1) is 0 Å². The number of carbonyl (C=O) groups excluding carboxylic acids is 1. The van der Waals surface area contributed by atoms with Crippen molar-refractivity contribution < 1.29 is 9.53 Å². The first-order valence-corrected chi connectivity index (χ1v) is 7.80. The predicted molar refractivity (Wildman–Crippen MR) is 84.7 cm³/mol. The molecule has 0 aliphatic heterocycles. The van der Waals surface area contributed by atoms with Crippen LogP contribution in [0.2, 0.25) is 0 Å². The minimum atomic E-state index is -0.0288. The largest absolute Gasteiger partial charge is 0.496 e. The van der Waals surface area contributed by atoms with Crippen molar-refractivity contribution in [3.8, 4) is 5.75 Å². The second kappa shape index (κ2) is 7.48. The molecule has 0 unspecified atom stereocenters. The summed E-state index contributed by atoms with van der Waals surface area (Å²) >= 11 is 3.42. The highest BCUT2D eigenvalue weighted by atomic mass is 79.9. The lowest BCUT2D eigenvalue weighted by atomic mass is 9.95. The quantitative estimate of drug-likeness (QED) is 0.845. The highest BCUT2D eigenvalue weighted by Crippen LogP contribution is 2.24. The molecule has 1 saturated carbocycles. The average Bonchev–Trinajstić information content (AvgIpc) is 2.46. The number of carbonyl (C=O) groups is 1. The van der Waals surface area contributed by atoms with E-state index in [0.29, 0.717) is 6.04 Å². The SMILES string of the molecule is COc1ccc(Br)cc1C=CC(=O)NC1CCCCC1. The first-order chi connectivity index (χ1) is 9.69. The summed E-state index contributed by atoms with van der Waals surface area (Å²) in [5.74, 6) is 0.730. The monoisotopic (exact) mass is 337 g/mol. The molecule has 1 amide bonds. The Labute approximate surface area is 128 Å². The van der Waals surface area contributed by atoms with Gasteiger partial charge in [0.1, 0.15) is 5.75 Å². The van der Waals surface area contributed by atoms with Gasteiger partial charge in [0.05, 0.1) is 7.11 Å². The first-order valence-electron chi connectivity index (χ1n) is 7.01. The van der Waals surface area contributed by atoms with E-state index in [1.807, 2.05) is 18.2 Å². The van der Waals surface area contributed by atoms with Crippen LogP contribution in [0.15, 0.2) is 28.7 Å². The van der Waals surface area contributed by atoms with Crippen LogP contribution in [0.1, 0.15) is 37.7 Å². The molecule has 20 heavy (non-hydrogen) atoms. The third kappa shape index (κ3) is 4.37. The van der Waals surface area contributed by atoms with Gasteiger partial charge in [0, 0.05) is 22.2 Å². The molecule has 2 rings (SSSR count). The van der Waals surface area contributed by atoms with E-state index in [0.717, 1.165) is 28.6 Å². The molecule has 0 spiro atoms. The van der Waals surface area contributed by atoms with E-state index < -0.39 is 0 Å². The number of rotatable bonds is 4. The Bertz CT molecular complexity index is 493. The molecular weight excluding hydrogens is 318 g/mol. The number of hydrogen-bond acceptors (Lipinski definition) is 2. The second-order valence-electron chi connectivity index (χ2n) is 5.06. The van der Waals surface area contributed by atoms with Crippen molar-refractivity contribution in [3.05, 3.63) is 34.3 Å². The molecule has 0 bridgehead atoms. The van der Waals surface area contributed by atoms with E-state index in [1.165, 1.54) is 19.3 Å². The fourth-order valence-electron chi connectivity index (χ4n) is 2.50. The molecule has 1 N–H and O–H groups in total. The number of benzene rings is 1. The lowest BCUT2D eigenvalue weighted by Gasteiger charge is -2.21. The van der Waals surface area contributed by atoms with Gasteiger partial charge in [0.15, 0.2) is 0 Å². The van der Waals surface area contributed by atoms with Crippen LogP contribution in [0.4, 0.5) is 0 Å². The molecule has 4 heteroatoms. The van der Waals surface area contributed by atoms with Crippen LogP contribution in [-0.4, -0.2) is 19.1 Å². The summed E-state index contributed by atoms with van der Waals surface area (Å²) in [5.41, 5.74) is 0.890. The maximum Gasteiger partial charge on any atom is 0.244 e. The lowest BCUT2D eigenvalue weighted by Crippen LogP contribution is -2.34. The van der Waals surface area contributed by atoms with Crippen LogP contribution < -0.4 is 10.1 Å². The molecule has 0 atom stereocenters. The van der Waals surface area contributed by atoms with Crippen molar-refractivity contribution in [2.24, 2.45) is 0 Å². The van der Waals surface area contributed by atoms with Crippen LogP contribution >= 0.6 is 15.9 Å². The number of nitrogens with one attached hydrogen (secondary N) is 1. The zero-order valence-electron chi connectivity index (χ0n) is 11.7. The van der Waals surface area contributed by atoms with Crippen LogP contribution in [0.5, 0.6) is 5.75 Å². The van der Waals surface area contributed by atoms with Gasteiger partial charge in [-0.1, -0.05) is 35.2 Å². The topological polar surface area (TPSA) is 38.3 Å². The molecule has 1 aromatic carbocycles. The Balaban J connectivity index is 1.97. The van der Waals surface area contributed by atoms with Crippen molar-refractivity contribution in [1.29, 1.82) is 0 Å². The van der Waals surface area contributed by atoms with Crippen molar-refractivity contribution in [2.45, 2.75) is 38.1 Å². The van der Waals surface area contributed by atoms with Gasteiger partial charge in [0.2, 0.25) is 5.91 Å². The third-order valence-corrected chi connectivity index (χ3v) is 4.05. The maximum atomic E-state index is 11.9. The molecule has 0 saturated heterocycles. The van der Waals surface area contributed by atoms with E-state index in [4.69, 9.17) is 4.74 Å². The lowest BCUT2D eigenvalue weighted by molar-refractivity contribution is -0.117. The van der Waals surface area contributed by atoms with Crippen LogP contribution in [-0.2, 0) is 4.79 Å². The molecule has 0 heterocycles. The van der Waals surface area contributed by atoms with E-state index in [1.54, 1.807) is 19.3 Å². The fraction of sp³-hybridized carbons (Fsp3) is 0.438. The summed E-state index contributed by atoms with van der Waals surface area (Å²) in [5, 5.41) is 3.06. The average molecular weight is 338 g/mol. The summed E-state index contributed by atoms with van der Waals surface area (Å²) < 4.78 is 6.24. The summed E-state index contributed by atoms with van der Waals surface area (Å²) in [4.78, 5) is 11.9. The zero-order valence-corrected chi connectivity index (χ0v) is 13.3. The maximum absolute atomic E-state index is 11.9. The molecule has 108 valence electrons. The molecule has 1 aromatic rings. The molecule has 1 fully saturated rings. The molecule has 1 aliphatic carbocycles. The third-order valence-electron chi connectivity index (χ3n) is 3.56. The van der Waals surface area contributed by atoms with Gasteiger partial charge in [-0.3, -0.25) is 4.79 Å². The Hall–Kier alpha value is -1.29. The predicted octanol–water partition coefficient (Wildman–Crippen LogP) is 3.92. The summed E-state index contributed by atoms with van der Waals surface area (Å²) in [6, 6.07) is 6.06. The first kappa shape index (κ1) is 15.1. The van der Waals surface area contributed by atoms with Gasteiger partial charge in [-0.2, -0.15) is 0 Å². The normalized spacial score (nSPS) is 16.3. The van der Waals surface area contributed by atoms with Crippen molar-refractivity contribution >= 4 is 27.9 Å². The number of ether oxygens (including phenoxy) is 1. The van der Waals surface area contributed by atoms with Crippen molar-refractivity contribution in [2.75, 3.05) is 7.11 Å². The van der Waals surface area contributed by atoms with E-state index in [2.05, 4.69) is 21.2 Å². The Morgan fingerprint density at radius 3 is 2.80 bits per heavy atom. The fourth-order valence-corrected chi connectivity index (χ4v) is 2.88. The van der Waals surface area contributed by atoms with Gasteiger partial charge < -0.3 is 10.1 Å². The molecular formula is C16H20BrNO2. The highest BCUT2D eigenvalue weighted by molar-refractivity contribution is 9.10. The Morgan fingerprint density at radius 1 is 1.35 bits per heavy atom. The standard InChI is InChI=1S/C16H20BrNO2/c1-20-15-9-8-13(17)11-12(15)7-10-16(19)18-14-5-3-2-4-6-14/h7-11,14H,2-6H2,1H3,(H,18,19). The van der Waals surface area contributed by atoms with Gasteiger partial charge in [0.25, 0.3) is 0 Å². The Morgan fingerprint density at radius 2 is 2.10 bits per heavy atom. The van der Waals surface area contributed by atoms with Crippen LogP contribution in [0.25, 0.3) is 6.08 Å². The summed E-state index contributed by atoms with van der Waals surface area (Å²) in [7, 11) is 1.63. The molecule has 0 aromatic heterocycles. The molecule has 0 radical (unpaired) electrons. The number of amides is 1. The van der Waals surface area contributed by atoms with Crippen molar-refractivity contribution in [1.82, 2.24) is 5.32 Å². The minimum Gasteiger partial charge on any atom is -0.496 e. The number of hydrogen-bond donors (Lipinski definition) is 1. The number of halogens is 1. The minimum absolute atomic E-state index is 0.0288. The second-order valence-corrected chi connectivity index (χ2v) is 5.98. The highest BCUT2D eigenvalue weighted by Gasteiger charge is 2.14. The summed E-state index contributed by atoms with van der Waals surface area (Å²) in [6.45, 7) is 0. The number of methoxy groups -OCH3 is 1. The van der Waals surface area contributed by atoms with Crippen LogP contribution in [0, 0.1) is 0 Å². The van der Waals surface area contributed by atoms with Gasteiger partial charge in [-0.25, -0.2) is 0 Å².